The van der Waals surface area contributed by atoms with Crippen molar-refractivity contribution in [3.05, 3.63) is 204 Å². The molecule has 0 bridgehead atoms. The molecular formula is C71H88BrCl4N6O3+3. The number of carbonyl (C=O) groups excluding carboxylic acids is 3. The third-order valence-electron chi connectivity index (χ3n) is 17.2. The first-order chi connectivity index (χ1) is 40.6. The van der Waals surface area contributed by atoms with Crippen LogP contribution < -0.4 is 16.0 Å². The fraction of sp³-hybridized carbons (Fsp3) is 0.394. The maximum Gasteiger partial charge on any atom is 0.255 e. The first kappa shape index (κ1) is 67.2. The van der Waals surface area contributed by atoms with Crippen molar-refractivity contribution in [1.82, 2.24) is 0 Å². The molecule has 14 heteroatoms. The molecule has 6 aromatic rings. The molecule has 0 aliphatic heterocycles. The molecule has 3 amide bonds. The molecule has 0 unspecified atom stereocenters. The summed E-state index contributed by atoms with van der Waals surface area (Å²) in [4.78, 5) is 36.8. The summed E-state index contributed by atoms with van der Waals surface area (Å²) in [5, 5.41) is 10.6. The maximum absolute atomic E-state index is 12.4. The molecule has 85 heavy (non-hydrogen) atoms. The van der Waals surface area contributed by atoms with Crippen molar-refractivity contribution >= 4 is 109 Å². The average Bonchev–Trinajstić information content (AvgIpc) is 3.92. The van der Waals surface area contributed by atoms with Crippen molar-refractivity contribution in [1.29, 1.82) is 0 Å². The van der Waals surface area contributed by atoms with Gasteiger partial charge in [-0.3, -0.25) is 14.4 Å². The van der Waals surface area contributed by atoms with E-state index in [0.717, 1.165) is 83.9 Å². The maximum atomic E-state index is 12.4. The molecule has 9 nitrogen and oxygen atoms in total. The molecule has 0 aromatic heterocycles. The lowest BCUT2D eigenvalue weighted by molar-refractivity contribution is -0.929. The zero-order valence-corrected chi connectivity index (χ0v) is 55.2. The first-order valence-corrected chi connectivity index (χ1v) is 32.6. The summed E-state index contributed by atoms with van der Waals surface area (Å²) in [6.45, 7) is 3.05. The molecule has 452 valence electrons. The number of benzene rings is 6. The quantitative estimate of drug-likeness (QED) is 0.0483. The number of amides is 3. The minimum Gasteiger partial charge on any atom is -0.323 e. The van der Waals surface area contributed by atoms with Gasteiger partial charge in [-0.25, -0.2) is 0 Å². The van der Waals surface area contributed by atoms with Gasteiger partial charge in [-0.2, -0.15) is 0 Å². The van der Waals surface area contributed by atoms with Crippen LogP contribution in [0.5, 0.6) is 0 Å². The van der Waals surface area contributed by atoms with Gasteiger partial charge in [0.1, 0.15) is 19.6 Å². The minimum absolute atomic E-state index is 0.119. The Balaban J connectivity index is 0.000000183. The van der Waals surface area contributed by atoms with E-state index >= 15 is 0 Å². The lowest BCUT2D eigenvalue weighted by atomic mass is 9.92. The number of hydrogen-bond donors (Lipinski definition) is 3. The van der Waals surface area contributed by atoms with Crippen molar-refractivity contribution in [2.45, 2.75) is 140 Å². The molecule has 0 saturated heterocycles. The van der Waals surface area contributed by atoms with E-state index in [-0.39, 0.29) is 17.7 Å². The Hall–Kier alpha value is -5.27. The third-order valence-corrected chi connectivity index (χ3v) is 19.2. The Morgan fingerprint density at radius 2 is 0.776 bits per heavy atom. The van der Waals surface area contributed by atoms with Gasteiger partial charge >= 0.3 is 0 Å². The summed E-state index contributed by atoms with van der Waals surface area (Å²) < 4.78 is 4.09. The van der Waals surface area contributed by atoms with E-state index in [1.165, 1.54) is 125 Å². The van der Waals surface area contributed by atoms with Crippen LogP contribution in [0.1, 0.15) is 141 Å². The van der Waals surface area contributed by atoms with Gasteiger partial charge in [0.25, 0.3) is 5.91 Å². The molecule has 3 saturated carbocycles. The van der Waals surface area contributed by atoms with Crippen LogP contribution in [-0.4, -0.2) is 91.6 Å². The normalized spacial score (nSPS) is 15.7. The Morgan fingerprint density at radius 1 is 0.424 bits per heavy atom. The predicted octanol–water partition coefficient (Wildman–Crippen LogP) is 19.1. The largest absolute Gasteiger partial charge is 0.323 e. The van der Waals surface area contributed by atoms with Crippen molar-refractivity contribution in [3.63, 3.8) is 0 Å². The Labute approximate surface area is 535 Å². The van der Waals surface area contributed by atoms with Crippen LogP contribution in [0, 0.1) is 0 Å². The van der Waals surface area contributed by atoms with Gasteiger partial charge < -0.3 is 29.4 Å². The van der Waals surface area contributed by atoms with Crippen LogP contribution in [0.25, 0.3) is 12.2 Å². The van der Waals surface area contributed by atoms with Gasteiger partial charge in [-0.1, -0.05) is 143 Å². The summed E-state index contributed by atoms with van der Waals surface area (Å²) in [5.41, 5.74) is 8.61. The first-order valence-electron chi connectivity index (χ1n) is 30.3. The van der Waals surface area contributed by atoms with Crippen molar-refractivity contribution in [2.75, 3.05) is 58.2 Å². The molecule has 9 rings (SSSR count). The summed E-state index contributed by atoms with van der Waals surface area (Å²) in [6, 6.07) is 44.9. The molecule has 6 aromatic carbocycles. The number of nitrogens with zero attached hydrogens (tertiary/aromatic N) is 3. The number of rotatable bonds is 17. The molecule has 0 spiro atoms. The van der Waals surface area contributed by atoms with Gasteiger partial charge in [0.15, 0.2) is 0 Å². The Bertz CT molecular complexity index is 3180. The topological polar surface area (TPSA) is 87.3 Å². The monoisotopic (exact) mass is 1290 g/mol. The van der Waals surface area contributed by atoms with Crippen LogP contribution >= 0.6 is 62.3 Å². The second-order valence-corrected chi connectivity index (χ2v) is 27.6. The predicted molar refractivity (Wildman–Crippen MR) is 362 cm³/mol. The lowest BCUT2D eigenvalue weighted by Crippen LogP contribution is -2.48. The number of hydrogen-bond acceptors (Lipinski definition) is 3. The average molecular weight is 1300 g/mol. The second kappa shape index (κ2) is 32.6. The molecule has 3 aliphatic carbocycles. The van der Waals surface area contributed by atoms with Gasteiger partial charge in [0.05, 0.1) is 80.5 Å². The summed E-state index contributed by atoms with van der Waals surface area (Å²) in [6.07, 6.45) is 28.3. The number of halogens is 5. The fourth-order valence-corrected chi connectivity index (χ4v) is 13.2. The van der Waals surface area contributed by atoms with Crippen LogP contribution in [0.4, 0.5) is 17.1 Å². The van der Waals surface area contributed by atoms with E-state index in [1.54, 1.807) is 42.5 Å². The van der Waals surface area contributed by atoms with Crippen LogP contribution in [-0.2, 0) is 29.2 Å². The molecule has 0 atom stereocenters. The highest BCUT2D eigenvalue weighted by Crippen LogP contribution is 2.32. The van der Waals surface area contributed by atoms with E-state index in [2.05, 4.69) is 111 Å². The SMILES string of the molecule is C[N+](C)(Cc1ccc(NC(=O)/C=C/c2ccc(Cl)c(Cl)c2)cc1)C1CCCCC1.C[N+](C)(Cc1ccc(NC(=O)/C=C/c2cccc(Br)c2)cc1)C1CCCCC1.C[N+](C)(Cc1ccc(NC(=O)c2ccc(Cl)c(Cl)c2)cc1)C1CCCCCC1. The zero-order valence-electron chi connectivity index (χ0n) is 50.6. The molecule has 3 aliphatic rings. The van der Waals surface area contributed by atoms with Crippen molar-refractivity contribution in [3.8, 4) is 0 Å². The van der Waals surface area contributed by atoms with E-state index in [0.29, 0.717) is 25.7 Å². The molecule has 0 heterocycles. The molecular weight excluding hydrogens is 1210 g/mol. The van der Waals surface area contributed by atoms with Crippen LogP contribution in [0.3, 0.4) is 0 Å². The van der Waals surface area contributed by atoms with Crippen LogP contribution in [0.2, 0.25) is 20.1 Å². The van der Waals surface area contributed by atoms with Gasteiger partial charge in [0, 0.05) is 55.9 Å². The van der Waals surface area contributed by atoms with E-state index in [1.807, 2.05) is 72.8 Å². The molecule has 3 fully saturated rings. The van der Waals surface area contributed by atoms with Gasteiger partial charge in [-0.15, -0.1) is 0 Å². The Morgan fingerprint density at radius 3 is 1.15 bits per heavy atom. The second-order valence-electron chi connectivity index (χ2n) is 25.1. The molecule has 3 N–H and O–H groups in total. The number of carbonyl (C=O) groups is 3. The van der Waals surface area contributed by atoms with Crippen molar-refractivity contribution in [2.24, 2.45) is 0 Å². The molecule has 0 radical (unpaired) electrons. The number of anilines is 3. The summed E-state index contributed by atoms with van der Waals surface area (Å²) in [5.74, 6) is -0.492. The summed E-state index contributed by atoms with van der Waals surface area (Å²) >= 11 is 27.3. The van der Waals surface area contributed by atoms with Gasteiger partial charge in [-0.05, 0) is 179 Å². The van der Waals surface area contributed by atoms with E-state index < -0.39 is 0 Å². The highest BCUT2D eigenvalue weighted by atomic mass is 79.9. The van der Waals surface area contributed by atoms with E-state index in [4.69, 9.17) is 46.4 Å². The highest BCUT2D eigenvalue weighted by molar-refractivity contribution is 9.10. The lowest BCUT2D eigenvalue weighted by Gasteiger charge is -2.40. The summed E-state index contributed by atoms with van der Waals surface area (Å²) in [7, 11) is 14.0. The standard InChI is InChI=1S/C24H29BrN2O.C24H28Cl2N2O.C23H28Cl2N2O/c1-27(2,23-9-4-3-5-10-23)18-20-11-14-22(15-12-20)26-24(28)16-13-19-7-6-8-21(25)17-19;1-28(2,21-6-4-3-5-7-21)17-19-8-12-20(13-9-19)27-24(29)15-11-18-10-14-22(25)23(26)16-18;1-27(2,20-7-5-3-4-6-8-20)16-17-9-12-19(13-10-17)26-23(28)18-11-14-21(24)22(25)15-18/h6-8,11-17,23H,3-5,9-10,18H2,1-2H3;8-16,21H,3-7,17H2,1-2H3;9-15,20H,3-8,16H2,1-2H3/p+3/b16-13+;15-11+;. The third kappa shape index (κ3) is 22.1. The number of nitrogens with one attached hydrogen (secondary N) is 3. The Kier molecular flexibility index (Phi) is 25.8. The van der Waals surface area contributed by atoms with Crippen LogP contribution in [0.15, 0.2) is 150 Å². The highest BCUT2D eigenvalue weighted by Gasteiger charge is 2.32. The zero-order chi connectivity index (χ0) is 61.0. The minimum atomic E-state index is -0.194. The fourth-order valence-electron chi connectivity index (χ4n) is 12.2. The number of quaternary nitrogens is 3. The smallest absolute Gasteiger partial charge is 0.255 e. The van der Waals surface area contributed by atoms with Gasteiger partial charge in [0.2, 0.25) is 11.8 Å². The van der Waals surface area contributed by atoms with Crippen molar-refractivity contribution < 1.29 is 27.8 Å². The van der Waals surface area contributed by atoms with E-state index in [9.17, 15) is 14.4 Å².